The fraction of sp³-hybridized carbons (Fsp3) is 0.545. The smallest absolute Gasteiger partial charge is 0.133 e. The van der Waals surface area contributed by atoms with Gasteiger partial charge in [0.15, 0.2) is 0 Å². The number of rotatable bonds is 4. The van der Waals surface area contributed by atoms with Gasteiger partial charge >= 0.3 is 0 Å². The Kier molecular flexibility index (Phi) is 4.36. The van der Waals surface area contributed by atoms with Crippen molar-refractivity contribution in [1.29, 1.82) is 0 Å². The van der Waals surface area contributed by atoms with Crippen molar-refractivity contribution in [3.63, 3.8) is 0 Å². The standard InChI is InChI=1S/C11H17ClN2/c1-4-9(2)14(3)8-10-6-5-7-13-11(10)12/h5-7,9H,4,8H2,1-3H3. The van der Waals surface area contributed by atoms with Crippen LogP contribution in [-0.4, -0.2) is 23.0 Å². The third kappa shape index (κ3) is 2.96. The summed E-state index contributed by atoms with van der Waals surface area (Å²) in [5.41, 5.74) is 1.09. The fourth-order valence-electron chi connectivity index (χ4n) is 1.27. The highest BCUT2D eigenvalue weighted by atomic mass is 35.5. The lowest BCUT2D eigenvalue weighted by atomic mass is 10.2. The number of nitrogens with zero attached hydrogens (tertiary/aromatic N) is 2. The molecule has 0 spiro atoms. The van der Waals surface area contributed by atoms with Crippen molar-refractivity contribution >= 4 is 11.6 Å². The van der Waals surface area contributed by atoms with E-state index in [0.29, 0.717) is 11.2 Å². The summed E-state index contributed by atoms with van der Waals surface area (Å²) in [6.45, 7) is 5.26. The zero-order valence-electron chi connectivity index (χ0n) is 9.00. The topological polar surface area (TPSA) is 16.1 Å². The second kappa shape index (κ2) is 5.32. The second-order valence-corrected chi connectivity index (χ2v) is 3.98. The van der Waals surface area contributed by atoms with Crippen LogP contribution in [0.4, 0.5) is 0 Å². The van der Waals surface area contributed by atoms with E-state index < -0.39 is 0 Å². The Labute approximate surface area is 90.9 Å². The third-order valence-electron chi connectivity index (χ3n) is 2.60. The molecule has 2 nitrogen and oxygen atoms in total. The van der Waals surface area contributed by atoms with Gasteiger partial charge in [0, 0.05) is 24.3 Å². The molecule has 1 unspecified atom stereocenters. The fourth-order valence-corrected chi connectivity index (χ4v) is 1.45. The highest BCUT2D eigenvalue weighted by molar-refractivity contribution is 6.30. The van der Waals surface area contributed by atoms with Crippen LogP contribution >= 0.6 is 11.6 Å². The largest absolute Gasteiger partial charge is 0.299 e. The Hall–Kier alpha value is -0.600. The normalized spacial score (nSPS) is 13.2. The van der Waals surface area contributed by atoms with Crippen molar-refractivity contribution in [1.82, 2.24) is 9.88 Å². The Morgan fingerprint density at radius 1 is 1.57 bits per heavy atom. The molecule has 0 radical (unpaired) electrons. The average Bonchev–Trinajstić information content (AvgIpc) is 2.20. The zero-order valence-corrected chi connectivity index (χ0v) is 9.75. The molecule has 0 amide bonds. The molecule has 0 aliphatic rings. The monoisotopic (exact) mass is 212 g/mol. The molecule has 0 aromatic carbocycles. The number of hydrogen-bond acceptors (Lipinski definition) is 2. The summed E-state index contributed by atoms with van der Waals surface area (Å²) in [6.07, 6.45) is 2.86. The van der Waals surface area contributed by atoms with E-state index >= 15 is 0 Å². The number of hydrogen-bond donors (Lipinski definition) is 0. The van der Waals surface area contributed by atoms with Crippen molar-refractivity contribution in [2.75, 3.05) is 7.05 Å². The van der Waals surface area contributed by atoms with Gasteiger partial charge < -0.3 is 0 Å². The summed E-state index contributed by atoms with van der Waals surface area (Å²) in [4.78, 5) is 6.34. The molecule has 1 rings (SSSR count). The molecular weight excluding hydrogens is 196 g/mol. The molecule has 0 bridgehead atoms. The highest BCUT2D eigenvalue weighted by Gasteiger charge is 2.09. The van der Waals surface area contributed by atoms with Crippen LogP contribution in [0.3, 0.4) is 0 Å². The van der Waals surface area contributed by atoms with Gasteiger partial charge in [-0.1, -0.05) is 24.6 Å². The molecule has 14 heavy (non-hydrogen) atoms. The first-order valence-corrected chi connectivity index (χ1v) is 5.32. The molecule has 3 heteroatoms. The van der Waals surface area contributed by atoms with Gasteiger partial charge in [0.05, 0.1) is 0 Å². The molecule has 0 N–H and O–H groups in total. The van der Waals surface area contributed by atoms with Crippen molar-refractivity contribution in [2.24, 2.45) is 0 Å². The van der Waals surface area contributed by atoms with Gasteiger partial charge in [-0.25, -0.2) is 4.98 Å². The van der Waals surface area contributed by atoms with Gasteiger partial charge in [0.2, 0.25) is 0 Å². The van der Waals surface area contributed by atoms with Crippen LogP contribution in [0.1, 0.15) is 25.8 Å². The Morgan fingerprint density at radius 2 is 2.29 bits per heavy atom. The number of pyridine rings is 1. The van der Waals surface area contributed by atoms with Crippen molar-refractivity contribution in [3.8, 4) is 0 Å². The molecule has 1 aromatic heterocycles. The maximum absolute atomic E-state index is 5.98. The van der Waals surface area contributed by atoms with Crippen LogP contribution in [0, 0.1) is 0 Å². The predicted octanol–water partition coefficient (Wildman–Crippen LogP) is 2.97. The molecule has 0 aliphatic carbocycles. The van der Waals surface area contributed by atoms with Gasteiger partial charge in [-0.05, 0) is 26.5 Å². The summed E-state index contributed by atoms with van der Waals surface area (Å²) >= 11 is 5.98. The van der Waals surface area contributed by atoms with Crippen LogP contribution in [-0.2, 0) is 6.54 Å². The average molecular weight is 213 g/mol. The lowest BCUT2D eigenvalue weighted by Gasteiger charge is -2.23. The summed E-state index contributed by atoms with van der Waals surface area (Å²) in [6, 6.07) is 4.52. The highest BCUT2D eigenvalue weighted by Crippen LogP contribution is 2.15. The minimum absolute atomic E-state index is 0.575. The van der Waals surface area contributed by atoms with E-state index in [1.165, 1.54) is 0 Å². The van der Waals surface area contributed by atoms with Crippen LogP contribution < -0.4 is 0 Å². The Morgan fingerprint density at radius 3 is 2.86 bits per heavy atom. The van der Waals surface area contributed by atoms with Gasteiger partial charge in [0.1, 0.15) is 5.15 Å². The number of aromatic nitrogens is 1. The van der Waals surface area contributed by atoms with E-state index in [0.717, 1.165) is 18.5 Å². The first kappa shape index (κ1) is 11.5. The molecule has 0 saturated carbocycles. The van der Waals surface area contributed by atoms with Crippen molar-refractivity contribution in [2.45, 2.75) is 32.9 Å². The molecule has 1 aromatic rings. The van der Waals surface area contributed by atoms with Crippen molar-refractivity contribution in [3.05, 3.63) is 29.0 Å². The van der Waals surface area contributed by atoms with E-state index in [4.69, 9.17) is 11.6 Å². The second-order valence-electron chi connectivity index (χ2n) is 3.63. The van der Waals surface area contributed by atoms with Gasteiger partial charge in [-0.2, -0.15) is 0 Å². The summed E-state index contributed by atoms with van der Waals surface area (Å²) in [7, 11) is 2.11. The van der Waals surface area contributed by atoms with Crippen LogP contribution in [0.2, 0.25) is 5.15 Å². The third-order valence-corrected chi connectivity index (χ3v) is 2.94. The van der Waals surface area contributed by atoms with E-state index in [1.807, 2.05) is 12.1 Å². The predicted molar refractivity (Wildman–Crippen MR) is 60.5 cm³/mol. The van der Waals surface area contributed by atoms with E-state index in [9.17, 15) is 0 Å². The minimum Gasteiger partial charge on any atom is -0.299 e. The van der Waals surface area contributed by atoms with Crippen molar-refractivity contribution < 1.29 is 0 Å². The molecule has 0 fully saturated rings. The summed E-state index contributed by atoms with van der Waals surface area (Å²) in [5.74, 6) is 0. The quantitative estimate of drug-likeness (QED) is 0.714. The van der Waals surface area contributed by atoms with Crippen LogP contribution in [0.15, 0.2) is 18.3 Å². The lowest BCUT2D eigenvalue weighted by molar-refractivity contribution is 0.243. The first-order chi connectivity index (χ1) is 6.65. The Balaban J connectivity index is 2.64. The lowest BCUT2D eigenvalue weighted by Crippen LogP contribution is -2.27. The molecule has 1 heterocycles. The molecule has 0 saturated heterocycles. The first-order valence-electron chi connectivity index (χ1n) is 4.94. The molecule has 0 aliphatic heterocycles. The Bertz CT molecular complexity index is 288. The maximum atomic E-state index is 5.98. The van der Waals surface area contributed by atoms with Crippen LogP contribution in [0.5, 0.6) is 0 Å². The van der Waals surface area contributed by atoms with Crippen LogP contribution in [0.25, 0.3) is 0 Å². The summed E-state index contributed by atoms with van der Waals surface area (Å²) in [5, 5.41) is 0.614. The zero-order chi connectivity index (χ0) is 10.6. The molecule has 1 atom stereocenters. The van der Waals surface area contributed by atoms with E-state index in [-0.39, 0.29) is 0 Å². The van der Waals surface area contributed by atoms with Gasteiger partial charge in [0.25, 0.3) is 0 Å². The van der Waals surface area contributed by atoms with E-state index in [2.05, 4.69) is 30.8 Å². The van der Waals surface area contributed by atoms with Gasteiger partial charge in [-0.15, -0.1) is 0 Å². The summed E-state index contributed by atoms with van der Waals surface area (Å²) < 4.78 is 0. The molecular formula is C11H17ClN2. The minimum atomic E-state index is 0.575. The number of halogens is 1. The maximum Gasteiger partial charge on any atom is 0.133 e. The van der Waals surface area contributed by atoms with Gasteiger partial charge in [-0.3, -0.25) is 4.90 Å². The van der Waals surface area contributed by atoms with E-state index in [1.54, 1.807) is 6.20 Å². The molecule has 78 valence electrons. The SMILES string of the molecule is CCC(C)N(C)Cc1cccnc1Cl.